The molecule has 36 heavy (non-hydrogen) atoms. The molecule has 1 aromatic heterocycles. The molecular formula is C26H28ClN5O4. The summed E-state index contributed by atoms with van der Waals surface area (Å²) in [4.78, 5) is 29.9. The van der Waals surface area contributed by atoms with Gasteiger partial charge in [0.15, 0.2) is 0 Å². The number of rotatable bonds is 10. The summed E-state index contributed by atoms with van der Waals surface area (Å²) in [7, 11) is 0. The number of urea groups is 1. The van der Waals surface area contributed by atoms with Gasteiger partial charge in [0.2, 0.25) is 5.82 Å². The summed E-state index contributed by atoms with van der Waals surface area (Å²) in [5.74, 6) is 0.976. The molecule has 9 nitrogen and oxygen atoms in total. The van der Waals surface area contributed by atoms with Crippen LogP contribution in [0, 0.1) is 0 Å². The first kappa shape index (κ1) is 24.4. The van der Waals surface area contributed by atoms with E-state index in [0.717, 1.165) is 29.0 Å². The van der Waals surface area contributed by atoms with E-state index in [1.807, 2.05) is 48.5 Å². The molecule has 2 N–H and O–H groups in total. The first-order chi connectivity index (χ1) is 17.4. The Morgan fingerprint density at radius 2 is 1.89 bits per heavy atom. The molecule has 2 fully saturated rings. The van der Waals surface area contributed by atoms with Gasteiger partial charge in [-0.2, -0.15) is 4.98 Å². The number of aromatic nitrogens is 2. The first-order valence-corrected chi connectivity index (χ1v) is 12.4. The van der Waals surface area contributed by atoms with Gasteiger partial charge in [0.05, 0.1) is 6.61 Å². The van der Waals surface area contributed by atoms with Crippen LogP contribution in [-0.2, 0) is 22.7 Å². The highest BCUT2D eigenvalue weighted by molar-refractivity contribution is 6.30. The Kier molecular flexibility index (Phi) is 7.04. The zero-order valence-corrected chi connectivity index (χ0v) is 20.8. The smallest absolute Gasteiger partial charge is 0.322 e. The lowest BCUT2D eigenvalue weighted by Gasteiger charge is -2.45. The van der Waals surface area contributed by atoms with E-state index in [1.54, 1.807) is 0 Å². The van der Waals surface area contributed by atoms with Crippen LogP contribution >= 0.6 is 11.6 Å². The molecule has 2 saturated heterocycles. The van der Waals surface area contributed by atoms with Crippen LogP contribution < -0.4 is 10.6 Å². The predicted molar refractivity (Wildman–Crippen MR) is 133 cm³/mol. The van der Waals surface area contributed by atoms with E-state index in [-0.39, 0.29) is 18.4 Å². The molecular weight excluding hydrogens is 482 g/mol. The van der Waals surface area contributed by atoms with Gasteiger partial charge < -0.3 is 14.6 Å². The van der Waals surface area contributed by atoms with Gasteiger partial charge in [0.1, 0.15) is 12.1 Å². The number of hydrogen-bond donors (Lipinski definition) is 2. The van der Waals surface area contributed by atoms with Gasteiger partial charge in [0, 0.05) is 36.1 Å². The molecule has 2 aliphatic heterocycles. The highest BCUT2D eigenvalue weighted by Gasteiger charge is 2.54. The lowest BCUT2D eigenvalue weighted by atomic mass is 9.89. The van der Waals surface area contributed by atoms with Crippen molar-refractivity contribution in [2.24, 2.45) is 0 Å². The second kappa shape index (κ2) is 10.4. The number of nitrogens with one attached hydrogen (secondary N) is 2. The fraction of sp³-hybridized carbons (Fsp3) is 0.385. The summed E-state index contributed by atoms with van der Waals surface area (Å²) in [6.45, 7) is 4.65. The molecule has 188 valence electrons. The Morgan fingerprint density at radius 1 is 1.14 bits per heavy atom. The monoisotopic (exact) mass is 509 g/mol. The Bertz CT molecular complexity index is 1220. The minimum absolute atomic E-state index is 0.248. The van der Waals surface area contributed by atoms with Crippen LogP contribution in [0.2, 0.25) is 5.02 Å². The molecule has 0 aliphatic carbocycles. The summed E-state index contributed by atoms with van der Waals surface area (Å²) < 4.78 is 11.3. The highest BCUT2D eigenvalue weighted by Crippen LogP contribution is 2.27. The largest absolute Gasteiger partial charge is 0.371 e. The number of imide groups is 1. The number of halogens is 1. The normalized spacial score (nSPS) is 17.6. The Balaban J connectivity index is 1.11. The molecule has 2 aromatic carbocycles. The van der Waals surface area contributed by atoms with Crippen molar-refractivity contribution in [2.75, 3.05) is 19.7 Å². The molecule has 0 radical (unpaired) electrons. The first-order valence-electron chi connectivity index (χ1n) is 12.1. The third-order valence-corrected chi connectivity index (χ3v) is 6.86. The maximum absolute atomic E-state index is 11.9. The molecule has 3 amide bonds. The second-order valence-corrected chi connectivity index (χ2v) is 9.83. The lowest BCUT2D eigenvalue weighted by Crippen LogP contribution is -2.70. The molecule has 2 aliphatic rings. The standard InChI is InChI=1S/C26H28ClN5O4/c1-2-3-20(18-8-10-21(27)11-9-18)13-35-14-22-28-23(31-36-22)19-6-4-17(5-7-19)12-32-15-26(16-32)24(33)29-25(34)30-26/h4-11,20H,2-3,12-16H2,1H3,(H2,29,30,33,34). The van der Waals surface area contributed by atoms with Gasteiger partial charge in [-0.1, -0.05) is 66.5 Å². The van der Waals surface area contributed by atoms with Crippen molar-refractivity contribution in [3.05, 3.63) is 70.6 Å². The Morgan fingerprint density at radius 3 is 2.56 bits per heavy atom. The second-order valence-electron chi connectivity index (χ2n) is 9.40. The fourth-order valence-electron chi connectivity index (χ4n) is 4.75. The molecule has 10 heteroatoms. The maximum Gasteiger partial charge on any atom is 0.322 e. The highest BCUT2D eigenvalue weighted by atomic mass is 35.5. The molecule has 5 rings (SSSR count). The van der Waals surface area contributed by atoms with Gasteiger partial charge in [0.25, 0.3) is 11.8 Å². The van der Waals surface area contributed by atoms with Crippen molar-refractivity contribution in [3.63, 3.8) is 0 Å². The number of carbonyl (C=O) groups is 2. The number of carbonyl (C=O) groups excluding carboxylic acids is 2. The van der Waals surface area contributed by atoms with Gasteiger partial charge in [-0.05, 0) is 29.7 Å². The van der Waals surface area contributed by atoms with Crippen LogP contribution in [0.4, 0.5) is 4.79 Å². The van der Waals surface area contributed by atoms with E-state index in [4.69, 9.17) is 20.9 Å². The molecule has 1 atom stereocenters. The van der Waals surface area contributed by atoms with E-state index in [1.165, 1.54) is 5.56 Å². The summed E-state index contributed by atoms with van der Waals surface area (Å²) in [6, 6.07) is 15.4. The average Bonchev–Trinajstić information content (AvgIpc) is 3.43. The van der Waals surface area contributed by atoms with E-state index >= 15 is 0 Å². The third kappa shape index (κ3) is 5.28. The zero-order valence-electron chi connectivity index (χ0n) is 20.0. The molecule has 3 heterocycles. The minimum Gasteiger partial charge on any atom is -0.371 e. The third-order valence-electron chi connectivity index (χ3n) is 6.61. The van der Waals surface area contributed by atoms with E-state index in [0.29, 0.717) is 38.0 Å². The van der Waals surface area contributed by atoms with Crippen molar-refractivity contribution in [3.8, 4) is 11.4 Å². The number of amides is 3. The zero-order chi connectivity index (χ0) is 25.1. The molecule has 3 aromatic rings. The lowest BCUT2D eigenvalue weighted by molar-refractivity contribution is -0.130. The summed E-state index contributed by atoms with van der Waals surface area (Å²) in [6.07, 6.45) is 2.07. The van der Waals surface area contributed by atoms with Crippen LogP contribution in [0.3, 0.4) is 0 Å². The van der Waals surface area contributed by atoms with Crippen molar-refractivity contribution in [1.29, 1.82) is 0 Å². The molecule has 1 unspecified atom stereocenters. The molecule has 1 spiro atoms. The number of ether oxygens (including phenoxy) is 1. The van der Waals surface area contributed by atoms with Crippen LogP contribution in [0.5, 0.6) is 0 Å². The van der Waals surface area contributed by atoms with Crippen molar-refractivity contribution < 1.29 is 18.8 Å². The van der Waals surface area contributed by atoms with Crippen LogP contribution in [0.25, 0.3) is 11.4 Å². The van der Waals surface area contributed by atoms with Gasteiger partial charge in [-0.25, -0.2) is 4.79 Å². The topological polar surface area (TPSA) is 110 Å². The number of benzene rings is 2. The SMILES string of the molecule is CCCC(COCc1nc(-c2ccc(CN3CC4(C3)NC(=O)NC4=O)cc2)no1)c1ccc(Cl)cc1. The maximum atomic E-state index is 11.9. The van der Waals surface area contributed by atoms with Crippen LogP contribution in [0.15, 0.2) is 53.1 Å². The summed E-state index contributed by atoms with van der Waals surface area (Å²) in [5.41, 5.74) is 2.37. The van der Waals surface area contributed by atoms with Crippen molar-refractivity contribution in [1.82, 2.24) is 25.7 Å². The summed E-state index contributed by atoms with van der Waals surface area (Å²) >= 11 is 6.02. The number of hydrogen-bond acceptors (Lipinski definition) is 7. The molecule has 0 bridgehead atoms. The van der Waals surface area contributed by atoms with Crippen LogP contribution in [0.1, 0.15) is 42.7 Å². The molecule has 0 saturated carbocycles. The summed E-state index contributed by atoms with van der Waals surface area (Å²) in [5, 5.41) is 9.84. The average molecular weight is 510 g/mol. The Labute approximate surface area is 214 Å². The van der Waals surface area contributed by atoms with Crippen molar-refractivity contribution in [2.45, 2.75) is 44.4 Å². The van der Waals surface area contributed by atoms with E-state index in [9.17, 15) is 9.59 Å². The van der Waals surface area contributed by atoms with E-state index < -0.39 is 11.6 Å². The van der Waals surface area contributed by atoms with Crippen LogP contribution in [-0.4, -0.2) is 52.2 Å². The Hall–Kier alpha value is -3.27. The fourth-order valence-corrected chi connectivity index (χ4v) is 4.87. The number of nitrogens with zero attached hydrogens (tertiary/aromatic N) is 3. The van der Waals surface area contributed by atoms with Gasteiger partial charge in [-0.15, -0.1) is 0 Å². The quantitative estimate of drug-likeness (QED) is 0.399. The predicted octanol–water partition coefficient (Wildman–Crippen LogP) is 3.88. The minimum atomic E-state index is -0.772. The van der Waals surface area contributed by atoms with Crippen molar-refractivity contribution >= 4 is 23.5 Å². The van der Waals surface area contributed by atoms with Gasteiger partial charge in [-0.3, -0.25) is 15.0 Å². The van der Waals surface area contributed by atoms with Gasteiger partial charge >= 0.3 is 6.03 Å². The van der Waals surface area contributed by atoms with E-state index in [2.05, 4.69) is 32.6 Å². The number of likely N-dealkylation sites (tertiary alicyclic amines) is 1.